The second-order valence-electron chi connectivity index (χ2n) is 8.56. The van der Waals surface area contributed by atoms with Crippen LogP contribution in [0.25, 0.3) is 22.2 Å². The van der Waals surface area contributed by atoms with Crippen LogP contribution >= 0.6 is 0 Å². The lowest BCUT2D eigenvalue weighted by Crippen LogP contribution is -2.34. The molecule has 32 heavy (non-hydrogen) atoms. The quantitative estimate of drug-likeness (QED) is 0.519. The van der Waals surface area contributed by atoms with Crippen molar-refractivity contribution in [3.63, 3.8) is 0 Å². The summed E-state index contributed by atoms with van der Waals surface area (Å²) in [5.74, 6) is 0.338. The lowest BCUT2D eigenvalue weighted by molar-refractivity contribution is 0.0956. The van der Waals surface area contributed by atoms with E-state index in [1.807, 2.05) is 30.3 Å². The second-order valence-corrected chi connectivity index (χ2v) is 8.56. The summed E-state index contributed by atoms with van der Waals surface area (Å²) in [4.78, 5) is 20.4. The predicted octanol–water partition coefficient (Wildman–Crippen LogP) is 5.62. The number of hydrazone groups is 1. The van der Waals surface area contributed by atoms with Gasteiger partial charge >= 0.3 is 0 Å². The first kappa shape index (κ1) is 22.2. The Bertz CT molecular complexity index is 1110. The summed E-state index contributed by atoms with van der Waals surface area (Å²) in [5, 5.41) is 5.29. The van der Waals surface area contributed by atoms with E-state index in [4.69, 9.17) is 4.98 Å². The van der Waals surface area contributed by atoms with Gasteiger partial charge in [0.25, 0.3) is 5.91 Å². The Hall–Kier alpha value is -3.05. The largest absolute Gasteiger partial charge is 0.303 e. The fraction of sp³-hybridized carbons (Fsp3) is 0.370. The summed E-state index contributed by atoms with van der Waals surface area (Å²) >= 11 is 0. The molecule has 1 atom stereocenters. The number of pyridine rings is 1. The van der Waals surface area contributed by atoms with Crippen LogP contribution in [0.2, 0.25) is 0 Å². The molecule has 0 spiro atoms. The van der Waals surface area contributed by atoms with Gasteiger partial charge in [-0.2, -0.15) is 5.10 Å². The van der Waals surface area contributed by atoms with E-state index in [9.17, 15) is 4.79 Å². The number of aromatic nitrogens is 1. The summed E-state index contributed by atoms with van der Waals surface area (Å²) in [5.41, 5.74) is 8.41. The van der Waals surface area contributed by atoms with Gasteiger partial charge < -0.3 is 4.90 Å². The lowest BCUT2D eigenvalue weighted by Gasteiger charge is -2.25. The van der Waals surface area contributed by atoms with Crippen LogP contribution in [-0.4, -0.2) is 41.1 Å². The van der Waals surface area contributed by atoms with Gasteiger partial charge in [-0.05, 0) is 36.6 Å². The number of benzene rings is 2. The molecule has 5 heteroatoms. The maximum Gasteiger partial charge on any atom is 0.272 e. The van der Waals surface area contributed by atoms with Gasteiger partial charge in [-0.25, -0.2) is 10.4 Å². The smallest absolute Gasteiger partial charge is 0.272 e. The number of piperidine rings is 1. The van der Waals surface area contributed by atoms with E-state index in [1.165, 1.54) is 5.56 Å². The molecule has 1 amide bonds. The van der Waals surface area contributed by atoms with Crippen LogP contribution in [0.5, 0.6) is 0 Å². The van der Waals surface area contributed by atoms with Crippen molar-refractivity contribution >= 4 is 22.5 Å². The summed E-state index contributed by atoms with van der Waals surface area (Å²) in [6, 6.07) is 18.2. The third-order valence-corrected chi connectivity index (χ3v) is 6.54. The van der Waals surface area contributed by atoms with Gasteiger partial charge in [0, 0.05) is 42.6 Å². The Morgan fingerprint density at radius 1 is 1.09 bits per heavy atom. The van der Waals surface area contributed by atoms with Gasteiger partial charge in [0.15, 0.2) is 0 Å². The molecule has 1 saturated heterocycles. The number of amides is 1. The van der Waals surface area contributed by atoms with Gasteiger partial charge in [-0.1, -0.05) is 63.2 Å². The van der Waals surface area contributed by atoms with Crippen molar-refractivity contribution in [2.75, 3.05) is 19.6 Å². The van der Waals surface area contributed by atoms with E-state index >= 15 is 0 Å². The normalized spacial score (nSPS) is 15.5. The monoisotopic (exact) mass is 428 g/mol. The van der Waals surface area contributed by atoms with E-state index in [0.29, 0.717) is 11.5 Å². The van der Waals surface area contributed by atoms with Gasteiger partial charge in [0.05, 0.1) is 16.8 Å². The number of fused-ring (bicyclic) bond motifs is 1. The van der Waals surface area contributed by atoms with Crippen LogP contribution in [0.3, 0.4) is 0 Å². The topological polar surface area (TPSA) is 57.6 Å². The number of nitrogens with one attached hydrogen (secondary N) is 1. The Morgan fingerprint density at radius 2 is 1.81 bits per heavy atom. The number of likely N-dealkylation sites (tertiary alicyclic amines) is 1. The number of carbonyl (C=O) groups is 1. The van der Waals surface area contributed by atoms with Gasteiger partial charge in [0.2, 0.25) is 0 Å². The van der Waals surface area contributed by atoms with E-state index < -0.39 is 0 Å². The van der Waals surface area contributed by atoms with Crippen LogP contribution in [0.4, 0.5) is 0 Å². The van der Waals surface area contributed by atoms with Crippen molar-refractivity contribution in [2.24, 2.45) is 5.10 Å². The molecule has 1 aliphatic rings. The fourth-order valence-electron chi connectivity index (χ4n) is 4.16. The van der Waals surface area contributed by atoms with Gasteiger partial charge in [0.1, 0.15) is 0 Å². The molecule has 2 aromatic carbocycles. The summed E-state index contributed by atoms with van der Waals surface area (Å²) in [7, 11) is 0. The van der Waals surface area contributed by atoms with Crippen LogP contribution in [0.15, 0.2) is 59.7 Å². The van der Waals surface area contributed by atoms with Crippen molar-refractivity contribution in [3.8, 4) is 11.3 Å². The lowest BCUT2D eigenvalue weighted by atomic mass is 9.96. The third-order valence-electron chi connectivity index (χ3n) is 6.54. The first-order valence-corrected chi connectivity index (χ1v) is 11.7. The number of nitrogens with zero attached hydrogens (tertiary/aromatic N) is 3. The van der Waals surface area contributed by atoms with Crippen molar-refractivity contribution < 1.29 is 4.79 Å². The summed E-state index contributed by atoms with van der Waals surface area (Å²) in [6.07, 6.45) is 2.91. The third kappa shape index (κ3) is 4.89. The first-order valence-electron chi connectivity index (χ1n) is 11.7. The molecule has 3 aromatic rings. The Kier molecular flexibility index (Phi) is 6.96. The molecule has 5 nitrogen and oxygen atoms in total. The molecule has 1 aromatic heterocycles. The highest BCUT2D eigenvalue weighted by molar-refractivity contribution is 6.07. The van der Waals surface area contributed by atoms with Gasteiger partial charge in [-0.3, -0.25) is 4.79 Å². The highest BCUT2D eigenvalue weighted by atomic mass is 16.2. The molecule has 1 unspecified atom stereocenters. The zero-order valence-corrected chi connectivity index (χ0v) is 19.3. The van der Waals surface area contributed by atoms with E-state index in [2.05, 4.69) is 60.5 Å². The summed E-state index contributed by atoms with van der Waals surface area (Å²) in [6.45, 7) is 9.67. The van der Waals surface area contributed by atoms with Crippen LogP contribution < -0.4 is 5.43 Å². The molecular weight excluding hydrogens is 396 g/mol. The van der Waals surface area contributed by atoms with Crippen LogP contribution in [0.1, 0.15) is 61.9 Å². The van der Waals surface area contributed by atoms with Crippen molar-refractivity contribution in [2.45, 2.75) is 46.0 Å². The number of para-hydroxylation sites is 1. The van der Waals surface area contributed by atoms with Crippen molar-refractivity contribution in [1.29, 1.82) is 0 Å². The SMILES string of the molecule is CCC(C)c1ccc(-c2cc(C(=O)NN=C3CCN(CC)CC3)c3ccccc3n2)cc1. The molecule has 1 N–H and O–H groups in total. The number of hydrogen-bond donors (Lipinski definition) is 1. The molecule has 0 saturated carbocycles. The minimum absolute atomic E-state index is 0.188. The predicted molar refractivity (Wildman–Crippen MR) is 132 cm³/mol. The maximum atomic E-state index is 13.1. The molecular formula is C27H32N4O. The zero-order valence-electron chi connectivity index (χ0n) is 19.3. The van der Waals surface area contributed by atoms with E-state index in [1.54, 1.807) is 0 Å². The number of carbonyl (C=O) groups excluding carboxylic acids is 1. The highest BCUT2D eigenvalue weighted by Crippen LogP contribution is 2.27. The molecule has 1 fully saturated rings. The molecule has 1 aliphatic heterocycles. The minimum atomic E-state index is -0.188. The molecule has 0 radical (unpaired) electrons. The molecule has 166 valence electrons. The van der Waals surface area contributed by atoms with Crippen molar-refractivity contribution in [3.05, 3.63) is 65.7 Å². The Balaban J connectivity index is 1.62. The standard InChI is InChI=1S/C27H32N4O/c1-4-19(3)20-10-12-21(13-11-20)26-18-24(23-8-6-7-9-25(23)28-26)27(32)30-29-22-14-16-31(5-2)17-15-22/h6-13,18-19H,4-5,14-17H2,1-3H3,(H,30,32). The Labute approximate surface area is 190 Å². The van der Waals surface area contributed by atoms with Gasteiger partial charge in [-0.15, -0.1) is 0 Å². The molecule has 0 aliphatic carbocycles. The number of rotatable bonds is 6. The second kappa shape index (κ2) is 10.0. The zero-order chi connectivity index (χ0) is 22.5. The average molecular weight is 429 g/mol. The highest BCUT2D eigenvalue weighted by Gasteiger charge is 2.16. The van der Waals surface area contributed by atoms with E-state index in [-0.39, 0.29) is 5.91 Å². The number of hydrogen-bond acceptors (Lipinski definition) is 4. The fourth-order valence-corrected chi connectivity index (χ4v) is 4.16. The minimum Gasteiger partial charge on any atom is -0.303 e. The first-order chi connectivity index (χ1) is 15.6. The maximum absolute atomic E-state index is 13.1. The van der Waals surface area contributed by atoms with Crippen molar-refractivity contribution in [1.82, 2.24) is 15.3 Å². The Morgan fingerprint density at radius 3 is 2.50 bits per heavy atom. The van der Waals surface area contributed by atoms with Crippen LogP contribution in [0, 0.1) is 0 Å². The van der Waals surface area contributed by atoms with E-state index in [0.717, 1.165) is 66.8 Å². The molecule has 2 heterocycles. The van der Waals surface area contributed by atoms with Crippen LogP contribution in [-0.2, 0) is 0 Å². The molecule has 4 rings (SSSR count). The average Bonchev–Trinajstić information content (AvgIpc) is 2.86. The summed E-state index contributed by atoms with van der Waals surface area (Å²) < 4.78 is 0. The molecule has 0 bridgehead atoms.